The molecule has 2 unspecified atom stereocenters. The van der Waals surface area contributed by atoms with Crippen LogP contribution in [0.4, 0.5) is 0 Å². The maximum atomic E-state index is 5.77. The van der Waals surface area contributed by atoms with Crippen LogP contribution in [0, 0.1) is 0 Å². The van der Waals surface area contributed by atoms with Gasteiger partial charge in [-0.05, 0) is 45.1 Å². The summed E-state index contributed by atoms with van der Waals surface area (Å²) < 4.78 is 5.18. The minimum atomic E-state index is -0.0384. The molecule has 0 aliphatic rings. The second-order valence-corrected chi connectivity index (χ2v) is 4.98. The molecule has 1 aromatic rings. The van der Waals surface area contributed by atoms with Crippen molar-refractivity contribution in [3.8, 4) is 5.75 Å². The maximum absolute atomic E-state index is 5.77. The zero-order chi connectivity index (χ0) is 13.8. The van der Waals surface area contributed by atoms with Crippen LogP contribution in [-0.4, -0.2) is 31.6 Å². The smallest absolute Gasteiger partial charge is 0.118 e. The third-order valence-electron chi connectivity index (χ3n) is 3.98. The van der Waals surface area contributed by atoms with Crippen LogP contribution in [0.5, 0.6) is 5.75 Å². The molecule has 4 nitrogen and oxygen atoms in total. The lowest BCUT2D eigenvalue weighted by molar-refractivity contribution is 0.113. The van der Waals surface area contributed by atoms with E-state index in [1.54, 1.807) is 7.11 Å². The van der Waals surface area contributed by atoms with Gasteiger partial charge in [0.2, 0.25) is 0 Å². The van der Waals surface area contributed by atoms with Gasteiger partial charge in [0, 0.05) is 5.54 Å². The Balaban J connectivity index is 3.07. The van der Waals surface area contributed by atoms with Gasteiger partial charge in [0.1, 0.15) is 5.75 Å². The van der Waals surface area contributed by atoms with Crippen LogP contribution in [0.25, 0.3) is 0 Å². The highest BCUT2D eigenvalue weighted by atomic mass is 16.5. The van der Waals surface area contributed by atoms with Crippen molar-refractivity contribution in [1.29, 1.82) is 0 Å². The summed E-state index contributed by atoms with van der Waals surface area (Å²) in [6.45, 7) is 4.38. The molecular formula is C14H25N3O. The van der Waals surface area contributed by atoms with Crippen molar-refractivity contribution in [2.24, 2.45) is 5.84 Å². The molecular weight excluding hydrogens is 226 g/mol. The predicted molar refractivity (Wildman–Crippen MR) is 75.4 cm³/mol. The van der Waals surface area contributed by atoms with Gasteiger partial charge >= 0.3 is 0 Å². The lowest BCUT2D eigenvalue weighted by Crippen LogP contribution is -2.52. The van der Waals surface area contributed by atoms with Crippen LogP contribution in [0.15, 0.2) is 24.3 Å². The molecule has 4 heteroatoms. The first-order chi connectivity index (χ1) is 8.49. The summed E-state index contributed by atoms with van der Waals surface area (Å²) in [5.74, 6) is 6.63. The number of nitrogens with one attached hydrogen (secondary N) is 1. The minimum absolute atomic E-state index is 0.0384. The zero-order valence-corrected chi connectivity index (χ0v) is 12.0. The van der Waals surface area contributed by atoms with E-state index in [0.717, 1.165) is 17.7 Å². The van der Waals surface area contributed by atoms with Crippen molar-refractivity contribution < 1.29 is 4.74 Å². The Labute approximate surface area is 110 Å². The van der Waals surface area contributed by atoms with Gasteiger partial charge in [-0.15, -0.1) is 0 Å². The molecule has 1 aromatic carbocycles. The van der Waals surface area contributed by atoms with Crippen molar-refractivity contribution in [3.63, 3.8) is 0 Å². The Hall–Kier alpha value is -1.10. The molecule has 102 valence electrons. The van der Waals surface area contributed by atoms with E-state index in [1.165, 1.54) is 0 Å². The van der Waals surface area contributed by atoms with E-state index in [1.807, 2.05) is 12.1 Å². The largest absolute Gasteiger partial charge is 0.497 e. The van der Waals surface area contributed by atoms with E-state index in [2.05, 4.69) is 50.4 Å². The number of hydrazine groups is 1. The number of rotatable bonds is 6. The molecule has 2 atom stereocenters. The van der Waals surface area contributed by atoms with Gasteiger partial charge in [-0.3, -0.25) is 11.3 Å². The summed E-state index contributed by atoms with van der Waals surface area (Å²) in [7, 11) is 5.83. The van der Waals surface area contributed by atoms with E-state index in [9.17, 15) is 0 Å². The number of nitrogens with zero attached hydrogens (tertiary/aromatic N) is 1. The average molecular weight is 251 g/mol. The fourth-order valence-electron chi connectivity index (χ4n) is 2.21. The molecule has 0 saturated carbocycles. The molecule has 0 amide bonds. The Kier molecular flexibility index (Phi) is 5.14. The Morgan fingerprint density at radius 2 is 1.89 bits per heavy atom. The standard InChI is InChI=1S/C14H25N3O/c1-6-14(2,17(3)4)13(16-15)11-7-9-12(18-5)10-8-11/h7-10,13,16H,6,15H2,1-5H3. The first-order valence-corrected chi connectivity index (χ1v) is 6.27. The average Bonchev–Trinajstić information content (AvgIpc) is 2.39. The number of benzene rings is 1. The Morgan fingerprint density at radius 3 is 2.22 bits per heavy atom. The lowest BCUT2D eigenvalue weighted by Gasteiger charge is -2.42. The van der Waals surface area contributed by atoms with Gasteiger partial charge in [0.25, 0.3) is 0 Å². The second kappa shape index (κ2) is 6.18. The molecule has 0 aliphatic carbocycles. The highest BCUT2D eigenvalue weighted by Gasteiger charge is 2.35. The van der Waals surface area contributed by atoms with E-state index < -0.39 is 0 Å². The summed E-state index contributed by atoms with van der Waals surface area (Å²) in [4.78, 5) is 2.21. The molecule has 0 radical (unpaired) electrons. The molecule has 0 heterocycles. The molecule has 0 saturated heterocycles. The van der Waals surface area contributed by atoms with Crippen molar-refractivity contribution >= 4 is 0 Å². The van der Waals surface area contributed by atoms with Gasteiger partial charge in [0.05, 0.1) is 13.2 Å². The number of methoxy groups -OCH3 is 1. The fourth-order valence-corrected chi connectivity index (χ4v) is 2.21. The van der Waals surface area contributed by atoms with Crippen LogP contribution in [0.3, 0.4) is 0 Å². The van der Waals surface area contributed by atoms with Gasteiger partial charge in [-0.25, -0.2) is 0 Å². The number of hydrogen-bond donors (Lipinski definition) is 2. The molecule has 0 aliphatic heterocycles. The Bertz CT molecular complexity index is 364. The molecule has 0 aromatic heterocycles. The third-order valence-corrected chi connectivity index (χ3v) is 3.98. The summed E-state index contributed by atoms with van der Waals surface area (Å²) in [5.41, 5.74) is 4.07. The number of hydrogen-bond acceptors (Lipinski definition) is 4. The second-order valence-electron chi connectivity index (χ2n) is 4.98. The predicted octanol–water partition coefficient (Wildman–Crippen LogP) is 1.93. The van der Waals surface area contributed by atoms with Crippen LogP contribution < -0.4 is 16.0 Å². The summed E-state index contributed by atoms with van der Waals surface area (Å²) in [6.07, 6.45) is 1.00. The molecule has 0 fully saturated rings. The first-order valence-electron chi connectivity index (χ1n) is 6.27. The Morgan fingerprint density at radius 1 is 1.33 bits per heavy atom. The molecule has 1 rings (SSSR count). The monoisotopic (exact) mass is 251 g/mol. The van der Waals surface area contributed by atoms with Crippen LogP contribution >= 0.6 is 0 Å². The molecule has 18 heavy (non-hydrogen) atoms. The minimum Gasteiger partial charge on any atom is -0.497 e. The number of nitrogens with two attached hydrogens (primary N) is 1. The third kappa shape index (κ3) is 2.83. The van der Waals surface area contributed by atoms with E-state index >= 15 is 0 Å². The SMILES string of the molecule is CCC(C)(C(NN)c1ccc(OC)cc1)N(C)C. The maximum Gasteiger partial charge on any atom is 0.118 e. The number of likely N-dealkylation sites (N-methyl/N-ethyl adjacent to an activating group) is 1. The van der Waals surface area contributed by atoms with Gasteiger partial charge in [0.15, 0.2) is 0 Å². The van der Waals surface area contributed by atoms with Crippen molar-refractivity contribution in [1.82, 2.24) is 10.3 Å². The van der Waals surface area contributed by atoms with Crippen molar-refractivity contribution in [2.45, 2.75) is 31.8 Å². The van der Waals surface area contributed by atoms with Crippen LogP contribution in [0.2, 0.25) is 0 Å². The molecule has 3 N–H and O–H groups in total. The van der Waals surface area contributed by atoms with Gasteiger partial charge < -0.3 is 9.64 Å². The topological polar surface area (TPSA) is 50.5 Å². The molecule has 0 spiro atoms. The highest BCUT2D eigenvalue weighted by molar-refractivity contribution is 5.30. The van der Waals surface area contributed by atoms with Crippen molar-refractivity contribution in [3.05, 3.63) is 29.8 Å². The summed E-state index contributed by atoms with van der Waals surface area (Å²) in [5, 5.41) is 0. The quantitative estimate of drug-likeness (QED) is 0.599. The van der Waals surface area contributed by atoms with Crippen LogP contribution in [-0.2, 0) is 0 Å². The normalized spacial score (nSPS) is 16.4. The van der Waals surface area contributed by atoms with E-state index in [0.29, 0.717) is 0 Å². The fraction of sp³-hybridized carbons (Fsp3) is 0.571. The lowest BCUT2D eigenvalue weighted by atomic mass is 9.84. The van der Waals surface area contributed by atoms with E-state index in [4.69, 9.17) is 10.6 Å². The van der Waals surface area contributed by atoms with Crippen LogP contribution in [0.1, 0.15) is 31.9 Å². The molecule has 0 bridgehead atoms. The highest BCUT2D eigenvalue weighted by Crippen LogP contribution is 2.32. The van der Waals surface area contributed by atoms with Crippen molar-refractivity contribution in [2.75, 3.05) is 21.2 Å². The van der Waals surface area contributed by atoms with E-state index in [-0.39, 0.29) is 11.6 Å². The summed E-state index contributed by atoms with van der Waals surface area (Å²) >= 11 is 0. The van der Waals surface area contributed by atoms with Gasteiger partial charge in [-0.1, -0.05) is 19.1 Å². The van der Waals surface area contributed by atoms with Gasteiger partial charge in [-0.2, -0.15) is 0 Å². The zero-order valence-electron chi connectivity index (χ0n) is 12.0. The summed E-state index contributed by atoms with van der Waals surface area (Å²) in [6, 6.07) is 8.11. The number of ether oxygens (including phenoxy) is 1. The first kappa shape index (κ1) is 15.0.